The summed E-state index contributed by atoms with van der Waals surface area (Å²) in [5.74, 6) is 0.511. The standard InChI is InChI=1S/C14H10FNOS/c1-17-12-5-3-2-4-10(12)14-16-11-8-9(15)6-7-13(11)18-14/h2-8H,1H3. The first-order valence-corrected chi connectivity index (χ1v) is 6.29. The van der Waals surface area contributed by atoms with Crippen molar-refractivity contribution in [2.45, 2.75) is 0 Å². The van der Waals surface area contributed by atoms with Crippen LogP contribution in [0.25, 0.3) is 20.8 Å². The fourth-order valence-electron chi connectivity index (χ4n) is 1.84. The Kier molecular flexibility index (Phi) is 2.72. The van der Waals surface area contributed by atoms with Gasteiger partial charge in [-0.15, -0.1) is 11.3 Å². The highest BCUT2D eigenvalue weighted by Gasteiger charge is 2.10. The minimum absolute atomic E-state index is 0.264. The number of methoxy groups -OCH3 is 1. The molecule has 0 radical (unpaired) electrons. The molecule has 0 fully saturated rings. The van der Waals surface area contributed by atoms with Gasteiger partial charge in [0.05, 0.1) is 22.9 Å². The summed E-state index contributed by atoms with van der Waals surface area (Å²) in [6.45, 7) is 0. The summed E-state index contributed by atoms with van der Waals surface area (Å²) in [5, 5.41) is 0.841. The van der Waals surface area contributed by atoms with Crippen LogP contribution in [0.3, 0.4) is 0 Å². The molecule has 0 atom stereocenters. The molecule has 0 unspecified atom stereocenters. The summed E-state index contributed by atoms with van der Waals surface area (Å²) in [6, 6.07) is 12.3. The zero-order valence-electron chi connectivity index (χ0n) is 9.68. The van der Waals surface area contributed by atoms with Crippen LogP contribution in [0.4, 0.5) is 4.39 Å². The number of aromatic nitrogens is 1. The predicted molar refractivity (Wildman–Crippen MR) is 71.6 cm³/mol. The first-order chi connectivity index (χ1) is 8.78. The van der Waals surface area contributed by atoms with E-state index in [4.69, 9.17) is 4.74 Å². The molecule has 2 aromatic carbocycles. The molecule has 0 aliphatic rings. The van der Waals surface area contributed by atoms with Gasteiger partial charge < -0.3 is 4.74 Å². The second kappa shape index (κ2) is 4.38. The predicted octanol–water partition coefficient (Wildman–Crippen LogP) is 4.11. The maximum Gasteiger partial charge on any atom is 0.129 e. The molecule has 4 heteroatoms. The molecule has 1 aromatic heterocycles. The smallest absolute Gasteiger partial charge is 0.129 e. The van der Waals surface area contributed by atoms with Crippen molar-refractivity contribution in [2.75, 3.05) is 7.11 Å². The van der Waals surface area contributed by atoms with Gasteiger partial charge in [-0.05, 0) is 24.3 Å². The van der Waals surface area contributed by atoms with Crippen molar-refractivity contribution < 1.29 is 9.13 Å². The van der Waals surface area contributed by atoms with Gasteiger partial charge in [0.2, 0.25) is 0 Å². The topological polar surface area (TPSA) is 22.1 Å². The number of fused-ring (bicyclic) bond motifs is 1. The highest BCUT2D eigenvalue weighted by atomic mass is 32.1. The lowest BCUT2D eigenvalue weighted by Gasteiger charge is -2.04. The van der Waals surface area contributed by atoms with Gasteiger partial charge in [-0.3, -0.25) is 0 Å². The van der Waals surface area contributed by atoms with Gasteiger partial charge in [0.15, 0.2) is 0 Å². The molecule has 0 amide bonds. The van der Waals surface area contributed by atoms with E-state index in [1.54, 1.807) is 13.2 Å². The fraction of sp³-hybridized carbons (Fsp3) is 0.0714. The number of para-hydroxylation sites is 1. The van der Waals surface area contributed by atoms with E-state index in [2.05, 4.69) is 4.98 Å². The van der Waals surface area contributed by atoms with Gasteiger partial charge in [-0.2, -0.15) is 0 Å². The molecule has 0 aliphatic heterocycles. The number of thiazole rings is 1. The number of benzene rings is 2. The Labute approximate surface area is 108 Å². The monoisotopic (exact) mass is 259 g/mol. The van der Waals surface area contributed by atoms with E-state index in [9.17, 15) is 4.39 Å². The molecule has 0 spiro atoms. The molecule has 90 valence electrons. The third-order valence-corrected chi connectivity index (χ3v) is 3.76. The van der Waals surface area contributed by atoms with E-state index in [1.807, 2.05) is 24.3 Å². The minimum Gasteiger partial charge on any atom is -0.496 e. The largest absolute Gasteiger partial charge is 0.496 e. The summed E-state index contributed by atoms with van der Waals surface area (Å²) in [7, 11) is 1.63. The van der Waals surface area contributed by atoms with Crippen molar-refractivity contribution in [3.05, 3.63) is 48.3 Å². The third kappa shape index (κ3) is 1.84. The van der Waals surface area contributed by atoms with Crippen molar-refractivity contribution >= 4 is 21.6 Å². The molecule has 18 heavy (non-hydrogen) atoms. The summed E-state index contributed by atoms with van der Waals surface area (Å²) in [4.78, 5) is 4.45. The molecule has 3 rings (SSSR count). The lowest BCUT2D eigenvalue weighted by Crippen LogP contribution is -1.86. The molecule has 2 nitrogen and oxygen atoms in total. The van der Waals surface area contributed by atoms with Crippen LogP contribution < -0.4 is 4.74 Å². The van der Waals surface area contributed by atoms with Crippen molar-refractivity contribution in [1.29, 1.82) is 0 Å². The molecule has 0 bridgehead atoms. The van der Waals surface area contributed by atoms with Crippen LogP contribution in [-0.4, -0.2) is 12.1 Å². The van der Waals surface area contributed by atoms with Crippen molar-refractivity contribution in [3.63, 3.8) is 0 Å². The highest BCUT2D eigenvalue weighted by molar-refractivity contribution is 7.21. The Balaban J connectivity index is 2.19. The van der Waals surface area contributed by atoms with E-state index in [0.29, 0.717) is 5.52 Å². The average Bonchev–Trinajstić information content (AvgIpc) is 2.81. The van der Waals surface area contributed by atoms with E-state index >= 15 is 0 Å². The molecule has 1 heterocycles. The van der Waals surface area contributed by atoms with Gasteiger partial charge in [0.1, 0.15) is 16.6 Å². The lowest BCUT2D eigenvalue weighted by atomic mass is 10.2. The van der Waals surface area contributed by atoms with Crippen LogP contribution in [0, 0.1) is 5.82 Å². The molecule has 0 saturated carbocycles. The SMILES string of the molecule is COc1ccccc1-c1nc2cc(F)ccc2s1. The Morgan fingerprint density at radius 3 is 2.83 bits per heavy atom. The van der Waals surface area contributed by atoms with Crippen LogP contribution in [0.5, 0.6) is 5.75 Å². The molecule has 0 aliphatic carbocycles. The second-order valence-corrected chi connectivity index (χ2v) is 4.86. The average molecular weight is 259 g/mol. The van der Waals surface area contributed by atoms with E-state index < -0.39 is 0 Å². The Morgan fingerprint density at radius 2 is 2.00 bits per heavy atom. The van der Waals surface area contributed by atoms with Crippen LogP contribution in [0.15, 0.2) is 42.5 Å². The first-order valence-electron chi connectivity index (χ1n) is 5.47. The Morgan fingerprint density at radius 1 is 1.17 bits per heavy atom. The van der Waals surface area contributed by atoms with Gasteiger partial charge in [0.25, 0.3) is 0 Å². The van der Waals surface area contributed by atoms with Gasteiger partial charge in [-0.1, -0.05) is 12.1 Å². The normalized spacial score (nSPS) is 10.8. The van der Waals surface area contributed by atoms with Crippen molar-refractivity contribution in [1.82, 2.24) is 4.98 Å². The summed E-state index contributed by atoms with van der Waals surface area (Å²) in [6.07, 6.45) is 0. The van der Waals surface area contributed by atoms with Gasteiger partial charge in [-0.25, -0.2) is 9.37 Å². The molecular weight excluding hydrogens is 249 g/mol. The first kappa shape index (κ1) is 11.2. The van der Waals surface area contributed by atoms with E-state index in [0.717, 1.165) is 21.0 Å². The number of halogens is 1. The van der Waals surface area contributed by atoms with Crippen molar-refractivity contribution in [2.24, 2.45) is 0 Å². The van der Waals surface area contributed by atoms with Crippen molar-refractivity contribution in [3.8, 4) is 16.3 Å². The van der Waals surface area contributed by atoms with Crippen LogP contribution in [-0.2, 0) is 0 Å². The maximum absolute atomic E-state index is 13.1. The second-order valence-electron chi connectivity index (χ2n) is 3.83. The number of ether oxygens (including phenoxy) is 1. The van der Waals surface area contributed by atoms with Crippen LogP contribution in [0.2, 0.25) is 0 Å². The highest BCUT2D eigenvalue weighted by Crippen LogP contribution is 2.35. The van der Waals surface area contributed by atoms with Crippen LogP contribution >= 0.6 is 11.3 Å². The number of hydrogen-bond donors (Lipinski definition) is 0. The molecule has 0 N–H and O–H groups in total. The van der Waals surface area contributed by atoms with E-state index in [1.165, 1.54) is 23.5 Å². The number of nitrogens with zero attached hydrogens (tertiary/aromatic N) is 1. The minimum atomic E-state index is -0.264. The number of rotatable bonds is 2. The quantitative estimate of drug-likeness (QED) is 0.691. The summed E-state index contributed by atoms with van der Waals surface area (Å²) in [5.41, 5.74) is 1.61. The zero-order valence-corrected chi connectivity index (χ0v) is 10.5. The maximum atomic E-state index is 13.1. The molecule has 0 saturated heterocycles. The summed E-state index contributed by atoms with van der Waals surface area (Å²) < 4.78 is 19.4. The van der Waals surface area contributed by atoms with E-state index in [-0.39, 0.29) is 5.82 Å². The Bertz CT molecular complexity index is 708. The van der Waals surface area contributed by atoms with Gasteiger partial charge in [0, 0.05) is 6.07 Å². The summed E-state index contributed by atoms with van der Waals surface area (Å²) >= 11 is 1.53. The number of hydrogen-bond acceptors (Lipinski definition) is 3. The fourth-order valence-corrected chi connectivity index (χ4v) is 2.81. The molecular formula is C14H10FNOS. The zero-order chi connectivity index (χ0) is 12.5. The van der Waals surface area contributed by atoms with Crippen LogP contribution in [0.1, 0.15) is 0 Å². The van der Waals surface area contributed by atoms with Gasteiger partial charge >= 0.3 is 0 Å². The lowest BCUT2D eigenvalue weighted by molar-refractivity contribution is 0.416. The molecule has 3 aromatic rings. The Hall–Kier alpha value is -1.94. The third-order valence-electron chi connectivity index (χ3n) is 2.69.